The highest BCUT2D eigenvalue weighted by atomic mass is 16.3. The van der Waals surface area contributed by atoms with E-state index in [0.29, 0.717) is 17.8 Å². The summed E-state index contributed by atoms with van der Waals surface area (Å²) in [6.07, 6.45) is 7.93. The van der Waals surface area contributed by atoms with Crippen LogP contribution in [0.2, 0.25) is 0 Å². The molecule has 2 nitrogen and oxygen atoms in total. The highest BCUT2D eigenvalue weighted by molar-refractivity contribution is 4.94. The van der Waals surface area contributed by atoms with Crippen LogP contribution < -0.4 is 0 Å². The lowest BCUT2D eigenvalue weighted by molar-refractivity contribution is -0.130. The van der Waals surface area contributed by atoms with E-state index in [0.717, 1.165) is 38.5 Å². The van der Waals surface area contributed by atoms with Crippen molar-refractivity contribution in [1.82, 2.24) is 0 Å². The maximum absolute atomic E-state index is 10.6. The third kappa shape index (κ3) is 3.03. The molecule has 3 unspecified atom stereocenters. The molecule has 0 spiro atoms. The first-order valence-electron chi connectivity index (χ1n) is 7.42. The topological polar surface area (TPSA) is 40.5 Å². The molecule has 2 aliphatic carbocycles. The summed E-state index contributed by atoms with van der Waals surface area (Å²) < 4.78 is 0. The van der Waals surface area contributed by atoms with Gasteiger partial charge in [-0.05, 0) is 49.9 Å². The molecule has 0 aromatic rings. The van der Waals surface area contributed by atoms with Crippen molar-refractivity contribution in [3.05, 3.63) is 0 Å². The second-order valence-corrected chi connectivity index (χ2v) is 6.79. The Balaban J connectivity index is 2.00. The number of aliphatic hydroxyl groups is 2. The molecule has 0 amide bonds. The molecule has 2 saturated carbocycles. The number of hydrogen-bond donors (Lipinski definition) is 2. The fraction of sp³-hybridized carbons (Fsp3) is 1.00. The molecule has 2 fully saturated rings. The lowest BCUT2D eigenvalue weighted by Crippen LogP contribution is -2.49. The van der Waals surface area contributed by atoms with E-state index in [9.17, 15) is 10.2 Å². The molecule has 0 heterocycles. The summed E-state index contributed by atoms with van der Waals surface area (Å²) in [5, 5.41) is 21.2. The molecule has 0 aromatic heterocycles. The van der Waals surface area contributed by atoms with Crippen LogP contribution in [0.1, 0.15) is 65.2 Å². The van der Waals surface area contributed by atoms with Gasteiger partial charge in [-0.15, -0.1) is 0 Å². The predicted molar refractivity (Wildman–Crippen MR) is 69.7 cm³/mol. The molecule has 0 aliphatic heterocycles. The van der Waals surface area contributed by atoms with Crippen LogP contribution >= 0.6 is 0 Å². The van der Waals surface area contributed by atoms with Gasteiger partial charge in [-0.1, -0.05) is 33.1 Å². The third-order valence-corrected chi connectivity index (χ3v) is 4.93. The third-order valence-electron chi connectivity index (χ3n) is 4.93. The molecular formula is C15H28O2. The van der Waals surface area contributed by atoms with E-state index >= 15 is 0 Å². The summed E-state index contributed by atoms with van der Waals surface area (Å²) in [4.78, 5) is 0. The minimum absolute atomic E-state index is 0.317. The van der Waals surface area contributed by atoms with Gasteiger partial charge in [0.05, 0.1) is 11.7 Å². The fourth-order valence-electron chi connectivity index (χ4n) is 4.17. The minimum atomic E-state index is -0.778. The molecule has 2 N–H and O–H groups in total. The van der Waals surface area contributed by atoms with E-state index in [1.54, 1.807) is 0 Å². The van der Waals surface area contributed by atoms with Gasteiger partial charge in [-0.3, -0.25) is 0 Å². The zero-order valence-electron chi connectivity index (χ0n) is 11.4. The van der Waals surface area contributed by atoms with Gasteiger partial charge in [0.2, 0.25) is 0 Å². The maximum atomic E-state index is 10.6. The minimum Gasteiger partial charge on any atom is -0.390 e. The van der Waals surface area contributed by atoms with Crippen LogP contribution in [-0.2, 0) is 0 Å². The van der Waals surface area contributed by atoms with Crippen molar-refractivity contribution in [2.45, 2.75) is 76.9 Å². The first kappa shape index (κ1) is 13.4. The van der Waals surface area contributed by atoms with E-state index in [1.807, 2.05) is 0 Å². The van der Waals surface area contributed by atoms with Crippen molar-refractivity contribution in [3.63, 3.8) is 0 Å². The SMILES string of the molecule is CC1CC(C)CC(C(O)C2(O)CCCCC2)C1. The van der Waals surface area contributed by atoms with Gasteiger partial charge in [-0.25, -0.2) is 0 Å². The first-order valence-corrected chi connectivity index (χ1v) is 7.42. The van der Waals surface area contributed by atoms with E-state index < -0.39 is 11.7 Å². The molecule has 2 rings (SSSR count). The Morgan fingerprint density at radius 1 is 0.941 bits per heavy atom. The van der Waals surface area contributed by atoms with Crippen molar-refractivity contribution in [3.8, 4) is 0 Å². The van der Waals surface area contributed by atoms with Crippen LogP contribution in [0.5, 0.6) is 0 Å². The molecule has 100 valence electrons. The van der Waals surface area contributed by atoms with Crippen LogP contribution in [0.4, 0.5) is 0 Å². The Bertz CT molecular complexity index is 235. The van der Waals surface area contributed by atoms with Gasteiger partial charge < -0.3 is 10.2 Å². The zero-order valence-corrected chi connectivity index (χ0v) is 11.4. The molecule has 3 atom stereocenters. The Hall–Kier alpha value is -0.0800. The quantitative estimate of drug-likeness (QED) is 0.778. The summed E-state index contributed by atoms with van der Waals surface area (Å²) in [6.45, 7) is 4.56. The largest absolute Gasteiger partial charge is 0.390 e. The molecule has 17 heavy (non-hydrogen) atoms. The monoisotopic (exact) mass is 240 g/mol. The first-order chi connectivity index (χ1) is 8.01. The number of hydrogen-bond acceptors (Lipinski definition) is 2. The second kappa shape index (κ2) is 5.27. The van der Waals surface area contributed by atoms with E-state index in [2.05, 4.69) is 13.8 Å². The average molecular weight is 240 g/mol. The Kier molecular flexibility index (Phi) is 4.14. The van der Waals surface area contributed by atoms with Crippen molar-refractivity contribution in [2.24, 2.45) is 17.8 Å². The summed E-state index contributed by atoms with van der Waals surface area (Å²) >= 11 is 0. The van der Waals surface area contributed by atoms with Gasteiger partial charge >= 0.3 is 0 Å². The predicted octanol–water partition coefficient (Wildman–Crippen LogP) is 3.11. The normalized spacial score (nSPS) is 39.9. The molecule has 2 heteroatoms. The van der Waals surface area contributed by atoms with Crippen LogP contribution in [0.3, 0.4) is 0 Å². The summed E-state index contributed by atoms with van der Waals surface area (Å²) in [6, 6.07) is 0. The van der Waals surface area contributed by atoms with Gasteiger partial charge in [-0.2, -0.15) is 0 Å². The van der Waals surface area contributed by atoms with E-state index in [-0.39, 0.29) is 0 Å². The maximum Gasteiger partial charge on any atom is 0.0908 e. The second-order valence-electron chi connectivity index (χ2n) is 6.79. The zero-order chi connectivity index (χ0) is 12.5. The van der Waals surface area contributed by atoms with Gasteiger partial charge in [0.15, 0.2) is 0 Å². The summed E-state index contributed by atoms with van der Waals surface area (Å²) in [5.74, 6) is 1.72. The standard InChI is InChI=1S/C15H28O2/c1-11-8-12(2)10-13(9-11)14(16)15(17)6-4-3-5-7-15/h11-14,16-17H,3-10H2,1-2H3. The lowest BCUT2D eigenvalue weighted by atomic mass is 9.68. The van der Waals surface area contributed by atoms with E-state index in [4.69, 9.17) is 0 Å². The van der Waals surface area contributed by atoms with Gasteiger partial charge in [0.1, 0.15) is 0 Å². The van der Waals surface area contributed by atoms with Crippen molar-refractivity contribution in [2.75, 3.05) is 0 Å². The summed E-state index contributed by atoms with van der Waals surface area (Å²) in [5.41, 5.74) is -0.778. The van der Waals surface area contributed by atoms with Crippen molar-refractivity contribution >= 4 is 0 Å². The van der Waals surface area contributed by atoms with Crippen molar-refractivity contribution in [1.29, 1.82) is 0 Å². The average Bonchev–Trinajstić information content (AvgIpc) is 2.27. The highest BCUT2D eigenvalue weighted by Gasteiger charge is 2.42. The van der Waals surface area contributed by atoms with Crippen LogP contribution in [0.25, 0.3) is 0 Å². The van der Waals surface area contributed by atoms with Gasteiger partial charge in [0, 0.05) is 0 Å². The van der Waals surface area contributed by atoms with Crippen LogP contribution in [-0.4, -0.2) is 21.9 Å². The van der Waals surface area contributed by atoms with Crippen LogP contribution in [0.15, 0.2) is 0 Å². The lowest BCUT2D eigenvalue weighted by Gasteiger charge is -2.43. The Morgan fingerprint density at radius 2 is 1.47 bits per heavy atom. The Labute approximate surface area is 105 Å². The summed E-state index contributed by atoms with van der Waals surface area (Å²) in [7, 11) is 0. The molecule has 0 aromatic carbocycles. The smallest absolute Gasteiger partial charge is 0.0908 e. The number of aliphatic hydroxyl groups excluding tert-OH is 1. The van der Waals surface area contributed by atoms with Gasteiger partial charge in [0.25, 0.3) is 0 Å². The van der Waals surface area contributed by atoms with Crippen LogP contribution in [0, 0.1) is 17.8 Å². The molecule has 2 aliphatic rings. The highest BCUT2D eigenvalue weighted by Crippen LogP contribution is 2.41. The molecular weight excluding hydrogens is 212 g/mol. The molecule has 0 radical (unpaired) electrons. The molecule has 0 saturated heterocycles. The van der Waals surface area contributed by atoms with E-state index in [1.165, 1.54) is 12.8 Å². The molecule has 0 bridgehead atoms. The fourth-order valence-corrected chi connectivity index (χ4v) is 4.17. The Morgan fingerprint density at radius 3 is 2.00 bits per heavy atom. The number of rotatable bonds is 2. The van der Waals surface area contributed by atoms with Crippen molar-refractivity contribution < 1.29 is 10.2 Å².